The van der Waals surface area contributed by atoms with Gasteiger partial charge in [0.1, 0.15) is 12.0 Å². The summed E-state index contributed by atoms with van der Waals surface area (Å²) in [6.45, 7) is 1.33. The molecular formula is C9H10O3S. The quantitative estimate of drug-likeness (QED) is 0.409. The first-order valence-electron chi connectivity index (χ1n) is 3.71. The number of benzene rings is 1. The summed E-state index contributed by atoms with van der Waals surface area (Å²) in [6.07, 6.45) is 1.58. The lowest BCUT2D eigenvalue weighted by Gasteiger charge is -2.05. The smallest absolute Gasteiger partial charge is 0.308 e. The van der Waals surface area contributed by atoms with Crippen LogP contribution in [-0.2, 0) is 16.0 Å². The molecule has 70 valence electrons. The second-order valence-electron chi connectivity index (χ2n) is 2.52. The highest BCUT2D eigenvalue weighted by molar-refractivity contribution is 7.90. The highest BCUT2D eigenvalue weighted by atomic mass is 32.2. The Kier molecular flexibility index (Phi) is 3.33. The van der Waals surface area contributed by atoms with Crippen molar-refractivity contribution in [3.63, 3.8) is 0 Å². The molecule has 0 aliphatic heterocycles. The van der Waals surface area contributed by atoms with E-state index in [2.05, 4.69) is 0 Å². The Bertz CT molecular complexity index is 309. The molecule has 0 aliphatic rings. The zero-order chi connectivity index (χ0) is 9.84. The fourth-order valence-corrected chi connectivity index (χ4v) is 1.43. The molecule has 4 heteroatoms. The molecule has 1 aromatic carbocycles. The Hall–Kier alpha value is -1.00. The van der Waals surface area contributed by atoms with Crippen LogP contribution >= 0.6 is 0 Å². The molecular weight excluding hydrogens is 188 g/mol. The van der Waals surface area contributed by atoms with E-state index in [9.17, 15) is 9.35 Å². The summed E-state index contributed by atoms with van der Waals surface area (Å²) in [7, 11) is 0. The number of hydrogen-bond donors (Lipinski definition) is 0. The predicted octanol–water partition coefficient (Wildman–Crippen LogP) is 1.35. The Morgan fingerprint density at radius 1 is 1.54 bits per heavy atom. The van der Waals surface area contributed by atoms with Crippen LogP contribution in [-0.4, -0.2) is 16.8 Å². The van der Waals surface area contributed by atoms with E-state index < -0.39 is 11.2 Å². The molecule has 0 saturated carbocycles. The highest BCUT2D eigenvalue weighted by Gasteiger charge is 2.06. The second-order valence-corrected chi connectivity index (χ2v) is 3.90. The molecule has 0 bridgehead atoms. The van der Waals surface area contributed by atoms with Crippen LogP contribution in [0.5, 0.6) is 5.75 Å². The number of rotatable bonds is 2. The van der Waals surface area contributed by atoms with Gasteiger partial charge in [-0.1, -0.05) is 6.07 Å². The summed E-state index contributed by atoms with van der Waals surface area (Å²) in [5, 5.41) is 0. The molecule has 1 atom stereocenters. The predicted molar refractivity (Wildman–Crippen MR) is 50.1 cm³/mol. The van der Waals surface area contributed by atoms with E-state index in [1.807, 2.05) is 0 Å². The SMILES string of the molecule is CC(=O)Oc1cccc([S+](C)[O-])c1. The molecule has 0 radical (unpaired) electrons. The molecule has 0 fully saturated rings. The van der Waals surface area contributed by atoms with Crippen molar-refractivity contribution in [3.8, 4) is 5.75 Å². The van der Waals surface area contributed by atoms with E-state index in [0.29, 0.717) is 10.6 Å². The Morgan fingerprint density at radius 2 is 2.23 bits per heavy atom. The van der Waals surface area contributed by atoms with Gasteiger partial charge < -0.3 is 9.29 Å². The zero-order valence-electron chi connectivity index (χ0n) is 7.44. The van der Waals surface area contributed by atoms with Crippen LogP contribution in [0.4, 0.5) is 0 Å². The van der Waals surface area contributed by atoms with Crippen LogP contribution in [0.2, 0.25) is 0 Å². The van der Waals surface area contributed by atoms with Gasteiger partial charge in [0, 0.05) is 13.0 Å². The highest BCUT2D eigenvalue weighted by Crippen LogP contribution is 2.17. The molecule has 3 nitrogen and oxygen atoms in total. The van der Waals surface area contributed by atoms with E-state index in [1.54, 1.807) is 30.5 Å². The van der Waals surface area contributed by atoms with Crippen molar-refractivity contribution in [2.75, 3.05) is 6.26 Å². The van der Waals surface area contributed by atoms with E-state index >= 15 is 0 Å². The van der Waals surface area contributed by atoms with Crippen molar-refractivity contribution < 1.29 is 14.1 Å². The van der Waals surface area contributed by atoms with Crippen molar-refractivity contribution in [2.45, 2.75) is 11.8 Å². The first-order chi connectivity index (χ1) is 6.09. The maximum Gasteiger partial charge on any atom is 0.308 e. The van der Waals surface area contributed by atoms with E-state index in [1.165, 1.54) is 6.92 Å². The van der Waals surface area contributed by atoms with Crippen LogP contribution in [0.15, 0.2) is 29.2 Å². The maximum atomic E-state index is 11.1. The lowest BCUT2D eigenvalue weighted by atomic mass is 10.3. The fraction of sp³-hybridized carbons (Fsp3) is 0.222. The first-order valence-corrected chi connectivity index (χ1v) is 5.27. The zero-order valence-corrected chi connectivity index (χ0v) is 8.26. The number of carbonyl (C=O) groups excluding carboxylic acids is 1. The van der Waals surface area contributed by atoms with Crippen molar-refractivity contribution in [2.24, 2.45) is 0 Å². The van der Waals surface area contributed by atoms with E-state index in [4.69, 9.17) is 4.74 Å². The Morgan fingerprint density at radius 3 is 2.77 bits per heavy atom. The van der Waals surface area contributed by atoms with Gasteiger partial charge in [-0.3, -0.25) is 4.79 Å². The molecule has 1 rings (SSSR count). The van der Waals surface area contributed by atoms with Crippen molar-refractivity contribution in [3.05, 3.63) is 24.3 Å². The molecule has 0 aliphatic carbocycles. The van der Waals surface area contributed by atoms with Gasteiger partial charge in [0.15, 0.2) is 4.90 Å². The summed E-state index contributed by atoms with van der Waals surface area (Å²) in [6, 6.07) is 6.67. The minimum Gasteiger partial charge on any atom is -0.612 e. The van der Waals surface area contributed by atoms with Crippen LogP contribution in [0, 0.1) is 0 Å². The van der Waals surface area contributed by atoms with Crippen LogP contribution in [0.3, 0.4) is 0 Å². The molecule has 0 spiro atoms. The van der Waals surface area contributed by atoms with Gasteiger partial charge in [0.25, 0.3) is 0 Å². The second kappa shape index (κ2) is 4.30. The van der Waals surface area contributed by atoms with Crippen LogP contribution in [0.1, 0.15) is 6.92 Å². The third kappa shape index (κ3) is 3.08. The van der Waals surface area contributed by atoms with Crippen molar-refractivity contribution in [1.29, 1.82) is 0 Å². The summed E-state index contributed by atoms with van der Waals surface area (Å²) in [5.74, 6) is 0.0548. The monoisotopic (exact) mass is 198 g/mol. The maximum absolute atomic E-state index is 11.1. The first kappa shape index (κ1) is 10.1. The van der Waals surface area contributed by atoms with Gasteiger partial charge in [0.05, 0.1) is 0 Å². The summed E-state index contributed by atoms with van der Waals surface area (Å²) in [5.41, 5.74) is 0. The molecule has 1 unspecified atom stereocenters. The summed E-state index contributed by atoms with van der Waals surface area (Å²) >= 11 is -1.05. The number of esters is 1. The molecule has 13 heavy (non-hydrogen) atoms. The summed E-state index contributed by atoms with van der Waals surface area (Å²) in [4.78, 5) is 11.2. The minimum atomic E-state index is -1.05. The van der Waals surface area contributed by atoms with Gasteiger partial charge in [-0.2, -0.15) is 0 Å². The Labute approximate surface area is 79.9 Å². The molecule has 0 amide bonds. The largest absolute Gasteiger partial charge is 0.612 e. The Balaban J connectivity index is 2.85. The van der Waals surface area contributed by atoms with Gasteiger partial charge in [-0.05, 0) is 23.3 Å². The minimum absolute atomic E-state index is 0.376. The topological polar surface area (TPSA) is 49.4 Å². The molecule has 1 aromatic rings. The molecule has 0 aromatic heterocycles. The standard InChI is InChI=1S/C9H10O3S/c1-7(10)12-8-4-3-5-9(6-8)13(2)11/h3-6H,1-2H3. The van der Waals surface area contributed by atoms with Crippen molar-refractivity contribution in [1.82, 2.24) is 0 Å². The van der Waals surface area contributed by atoms with Gasteiger partial charge >= 0.3 is 5.97 Å². The summed E-state index contributed by atoms with van der Waals surface area (Å²) < 4.78 is 15.9. The average Bonchev–Trinajstić information content (AvgIpc) is 2.03. The number of hydrogen-bond acceptors (Lipinski definition) is 3. The number of carbonyl (C=O) groups is 1. The molecule has 0 saturated heterocycles. The lowest BCUT2D eigenvalue weighted by molar-refractivity contribution is -0.131. The lowest BCUT2D eigenvalue weighted by Crippen LogP contribution is -2.03. The normalized spacial score (nSPS) is 12.2. The molecule has 0 heterocycles. The van der Waals surface area contributed by atoms with Crippen LogP contribution < -0.4 is 4.74 Å². The van der Waals surface area contributed by atoms with Gasteiger partial charge in [0.2, 0.25) is 0 Å². The van der Waals surface area contributed by atoms with Gasteiger partial charge in [-0.15, -0.1) is 0 Å². The molecule has 0 N–H and O–H groups in total. The van der Waals surface area contributed by atoms with Gasteiger partial charge in [-0.25, -0.2) is 0 Å². The van der Waals surface area contributed by atoms with Crippen LogP contribution in [0.25, 0.3) is 0 Å². The number of ether oxygens (including phenoxy) is 1. The average molecular weight is 198 g/mol. The van der Waals surface area contributed by atoms with Crippen molar-refractivity contribution >= 4 is 17.1 Å². The van der Waals surface area contributed by atoms with E-state index in [0.717, 1.165) is 0 Å². The van der Waals surface area contributed by atoms with E-state index in [-0.39, 0.29) is 5.97 Å². The third-order valence-electron chi connectivity index (χ3n) is 1.40. The fourth-order valence-electron chi connectivity index (χ4n) is 0.882. The third-order valence-corrected chi connectivity index (χ3v) is 2.32.